The van der Waals surface area contributed by atoms with Crippen LogP contribution in [0.15, 0.2) is 52.1 Å². The molecule has 1 atom stereocenters. The zero-order valence-electron chi connectivity index (χ0n) is 9.97. The quantitative estimate of drug-likeness (QED) is 0.852. The molecule has 1 unspecified atom stereocenters. The van der Waals surface area contributed by atoms with Gasteiger partial charge in [-0.3, -0.25) is 4.79 Å². The summed E-state index contributed by atoms with van der Waals surface area (Å²) in [5.74, 6) is 0.725. The molecule has 2 aromatic rings. The van der Waals surface area contributed by atoms with Crippen LogP contribution in [-0.4, -0.2) is 16.6 Å². The molecule has 1 N–H and O–H groups in total. The van der Waals surface area contributed by atoms with E-state index < -0.39 is 0 Å². The molecule has 0 spiro atoms. The summed E-state index contributed by atoms with van der Waals surface area (Å²) < 4.78 is 0.655. The Balaban J connectivity index is 1.81. The normalized spacial score (nSPS) is 17.0. The molecule has 2 heterocycles. The van der Waals surface area contributed by atoms with Crippen LogP contribution in [0.3, 0.4) is 0 Å². The number of fused-ring (bicyclic) bond motifs is 1. The third-order valence-electron chi connectivity index (χ3n) is 3.03. The maximum atomic E-state index is 12.4. The second-order valence-corrected chi connectivity index (χ2v) is 6.05. The Morgan fingerprint density at radius 3 is 3.00 bits per heavy atom. The van der Waals surface area contributed by atoms with Gasteiger partial charge in [0.2, 0.25) is 5.91 Å². The lowest BCUT2D eigenvalue weighted by Crippen LogP contribution is -2.21. The van der Waals surface area contributed by atoms with E-state index in [9.17, 15) is 4.79 Å². The molecule has 3 rings (SSSR count). The Kier molecular flexibility index (Phi) is 3.57. The molecular formula is C14H11BrN2OS. The SMILES string of the molecule is O=C(Nc1cccnc1Br)C1CSc2ccccc21. The highest BCUT2D eigenvalue weighted by molar-refractivity contribution is 9.10. The van der Waals surface area contributed by atoms with Crippen molar-refractivity contribution in [3.63, 3.8) is 0 Å². The number of nitrogens with one attached hydrogen (secondary N) is 1. The predicted octanol–water partition coefficient (Wildman–Crippen LogP) is 3.67. The van der Waals surface area contributed by atoms with Gasteiger partial charge < -0.3 is 5.32 Å². The first-order valence-electron chi connectivity index (χ1n) is 5.89. The highest BCUT2D eigenvalue weighted by atomic mass is 79.9. The van der Waals surface area contributed by atoms with E-state index in [2.05, 4.69) is 32.3 Å². The van der Waals surface area contributed by atoms with Gasteiger partial charge in [-0.2, -0.15) is 0 Å². The molecule has 1 amide bonds. The molecular weight excluding hydrogens is 324 g/mol. The van der Waals surface area contributed by atoms with Crippen LogP contribution >= 0.6 is 27.7 Å². The molecule has 3 nitrogen and oxygen atoms in total. The Morgan fingerprint density at radius 1 is 1.32 bits per heavy atom. The molecule has 1 aliphatic rings. The number of hydrogen-bond acceptors (Lipinski definition) is 3. The van der Waals surface area contributed by atoms with E-state index in [0.29, 0.717) is 10.3 Å². The molecule has 0 saturated heterocycles. The summed E-state index contributed by atoms with van der Waals surface area (Å²) in [6.07, 6.45) is 1.68. The van der Waals surface area contributed by atoms with Crippen LogP contribution in [0.5, 0.6) is 0 Å². The zero-order chi connectivity index (χ0) is 13.2. The molecule has 19 heavy (non-hydrogen) atoms. The number of nitrogens with zero attached hydrogens (tertiary/aromatic N) is 1. The van der Waals surface area contributed by atoms with E-state index >= 15 is 0 Å². The second kappa shape index (κ2) is 5.35. The van der Waals surface area contributed by atoms with Gasteiger partial charge >= 0.3 is 0 Å². The fourth-order valence-corrected chi connectivity index (χ4v) is 3.66. The van der Waals surface area contributed by atoms with Crippen molar-refractivity contribution in [3.05, 3.63) is 52.8 Å². The van der Waals surface area contributed by atoms with Crippen LogP contribution < -0.4 is 5.32 Å². The molecule has 0 saturated carbocycles. The lowest BCUT2D eigenvalue weighted by molar-refractivity contribution is -0.117. The molecule has 0 bridgehead atoms. The number of carbonyl (C=O) groups excluding carboxylic acids is 1. The topological polar surface area (TPSA) is 42.0 Å². The fraction of sp³-hybridized carbons (Fsp3) is 0.143. The van der Waals surface area contributed by atoms with Crippen LogP contribution in [0.1, 0.15) is 11.5 Å². The molecule has 1 aromatic carbocycles. The number of aromatic nitrogens is 1. The minimum Gasteiger partial charge on any atom is -0.323 e. The van der Waals surface area contributed by atoms with Gasteiger partial charge in [0.05, 0.1) is 11.6 Å². The maximum Gasteiger partial charge on any atom is 0.232 e. The summed E-state index contributed by atoms with van der Waals surface area (Å²) in [7, 11) is 0. The number of rotatable bonds is 2. The molecule has 1 aromatic heterocycles. The number of anilines is 1. The Morgan fingerprint density at radius 2 is 2.16 bits per heavy atom. The summed E-state index contributed by atoms with van der Waals surface area (Å²) in [6.45, 7) is 0. The summed E-state index contributed by atoms with van der Waals surface area (Å²) >= 11 is 5.06. The number of carbonyl (C=O) groups is 1. The summed E-state index contributed by atoms with van der Waals surface area (Å²) in [6, 6.07) is 11.7. The Labute approximate surface area is 123 Å². The van der Waals surface area contributed by atoms with E-state index in [-0.39, 0.29) is 11.8 Å². The van der Waals surface area contributed by atoms with Crippen LogP contribution in [-0.2, 0) is 4.79 Å². The molecule has 96 valence electrons. The van der Waals surface area contributed by atoms with E-state index in [1.54, 1.807) is 24.0 Å². The van der Waals surface area contributed by atoms with Crippen molar-refractivity contribution in [2.24, 2.45) is 0 Å². The standard InChI is InChI=1S/C14H11BrN2OS/c15-13-11(5-3-7-16-13)17-14(18)10-8-19-12-6-2-1-4-9(10)12/h1-7,10H,8H2,(H,17,18). The first kappa shape index (κ1) is 12.7. The van der Waals surface area contributed by atoms with Crippen LogP contribution in [0.25, 0.3) is 0 Å². The van der Waals surface area contributed by atoms with Gasteiger partial charge in [0.15, 0.2) is 0 Å². The van der Waals surface area contributed by atoms with Gasteiger partial charge in [0, 0.05) is 16.8 Å². The maximum absolute atomic E-state index is 12.4. The highest BCUT2D eigenvalue weighted by Gasteiger charge is 2.29. The molecule has 5 heteroatoms. The number of hydrogen-bond donors (Lipinski definition) is 1. The van der Waals surface area contributed by atoms with E-state index in [4.69, 9.17) is 0 Å². The number of thioether (sulfide) groups is 1. The minimum absolute atomic E-state index is 0.0196. The van der Waals surface area contributed by atoms with E-state index in [1.807, 2.05) is 24.3 Å². The van der Waals surface area contributed by atoms with Crippen molar-refractivity contribution >= 4 is 39.3 Å². The van der Waals surface area contributed by atoms with Gasteiger partial charge in [-0.05, 0) is 39.7 Å². The second-order valence-electron chi connectivity index (χ2n) is 4.23. The molecule has 0 aliphatic carbocycles. The average molecular weight is 335 g/mol. The Hall–Kier alpha value is -1.33. The van der Waals surface area contributed by atoms with Gasteiger partial charge in [0.1, 0.15) is 4.60 Å². The van der Waals surface area contributed by atoms with E-state index in [0.717, 1.165) is 11.3 Å². The monoisotopic (exact) mass is 334 g/mol. The molecule has 1 aliphatic heterocycles. The van der Waals surface area contributed by atoms with Crippen molar-refractivity contribution < 1.29 is 4.79 Å². The van der Waals surface area contributed by atoms with E-state index in [1.165, 1.54) is 4.90 Å². The average Bonchev–Trinajstić information content (AvgIpc) is 2.85. The van der Waals surface area contributed by atoms with Crippen LogP contribution in [0.4, 0.5) is 5.69 Å². The molecule has 0 radical (unpaired) electrons. The smallest absolute Gasteiger partial charge is 0.232 e. The predicted molar refractivity (Wildman–Crippen MR) is 80.5 cm³/mol. The van der Waals surface area contributed by atoms with Crippen molar-refractivity contribution in [2.75, 3.05) is 11.1 Å². The third kappa shape index (κ3) is 2.53. The number of halogens is 1. The highest BCUT2D eigenvalue weighted by Crippen LogP contribution is 2.39. The largest absolute Gasteiger partial charge is 0.323 e. The first-order chi connectivity index (χ1) is 9.25. The van der Waals surface area contributed by atoms with Gasteiger partial charge in [0.25, 0.3) is 0 Å². The number of benzene rings is 1. The third-order valence-corrected chi connectivity index (χ3v) is 4.85. The lowest BCUT2D eigenvalue weighted by Gasteiger charge is -2.12. The van der Waals surface area contributed by atoms with Crippen molar-refractivity contribution in [1.82, 2.24) is 4.98 Å². The van der Waals surface area contributed by atoms with Crippen LogP contribution in [0, 0.1) is 0 Å². The number of amides is 1. The van der Waals surface area contributed by atoms with Crippen LogP contribution in [0.2, 0.25) is 0 Å². The van der Waals surface area contributed by atoms with Crippen molar-refractivity contribution in [1.29, 1.82) is 0 Å². The van der Waals surface area contributed by atoms with Gasteiger partial charge in [-0.1, -0.05) is 18.2 Å². The van der Waals surface area contributed by atoms with Gasteiger partial charge in [-0.25, -0.2) is 4.98 Å². The molecule has 0 fully saturated rings. The number of pyridine rings is 1. The fourth-order valence-electron chi connectivity index (χ4n) is 2.08. The minimum atomic E-state index is -0.0895. The van der Waals surface area contributed by atoms with Gasteiger partial charge in [-0.15, -0.1) is 11.8 Å². The van der Waals surface area contributed by atoms with Crippen molar-refractivity contribution in [2.45, 2.75) is 10.8 Å². The zero-order valence-corrected chi connectivity index (χ0v) is 12.4. The summed E-state index contributed by atoms with van der Waals surface area (Å²) in [5, 5.41) is 2.93. The Bertz CT molecular complexity index is 632. The summed E-state index contributed by atoms with van der Waals surface area (Å²) in [5.41, 5.74) is 1.83. The first-order valence-corrected chi connectivity index (χ1v) is 7.66. The lowest BCUT2D eigenvalue weighted by atomic mass is 10.0. The summed E-state index contributed by atoms with van der Waals surface area (Å²) in [4.78, 5) is 17.7. The van der Waals surface area contributed by atoms with Crippen molar-refractivity contribution in [3.8, 4) is 0 Å².